The molecular weight excluding hydrogens is 456 g/mol. The molecule has 0 unspecified atom stereocenters. The average molecular weight is 495 g/mol. The highest BCUT2D eigenvalue weighted by atomic mass is 32.2. The third kappa shape index (κ3) is 19.0. The van der Waals surface area contributed by atoms with Crippen molar-refractivity contribution in [2.24, 2.45) is 14.1 Å². The number of imidazole rings is 2. The summed E-state index contributed by atoms with van der Waals surface area (Å²) in [6, 6.07) is 0. The van der Waals surface area contributed by atoms with Gasteiger partial charge in [-0.25, -0.2) is 35.1 Å². The van der Waals surface area contributed by atoms with Gasteiger partial charge in [0.2, 0.25) is 12.7 Å². The molecule has 10 nitrogen and oxygen atoms in total. The van der Waals surface area contributed by atoms with E-state index in [2.05, 4.69) is 69.6 Å². The van der Waals surface area contributed by atoms with Crippen LogP contribution in [0.2, 0.25) is 0 Å². The molecule has 0 atom stereocenters. The van der Waals surface area contributed by atoms with Crippen LogP contribution in [-0.4, -0.2) is 46.6 Å². The first-order chi connectivity index (χ1) is 14.9. The predicted molar refractivity (Wildman–Crippen MR) is 119 cm³/mol. The van der Waals surface area contributed by atoms with Crippen molar-refractivity contribution in [2.75, 3.05) is 11.5 Å². The third-order valence-electron chi connectivity index (χ3n) is 4.23. The molecule has 0 aromatic carbocycles. The van der Waals surface area contributed by atoms with Gasteiger partial charge in [0.25, 0.3) is 0 Å². The fourth-order valence-electron chi connectivity index (χ4n) is 2.51. The van der Waals surface area contributed by atoms with Crippen molar-refractivity contribution in [3.05, 3.63) is 37.4 Å². The van der Waals surface area contributed by atoms with Gasteiger partial charge in [-0.2, -0.15) is 0 Å². The minimum absolute atomic E-state index is 0.0900. The Morgan fingerprint density at radius 3 is 1.25 bits per heavy atom. The van der Waals surface area contributed by atoms with Crippen LogP contribution in [0, 0.1) is 0 Å². The number of aromatic nitrogens is 4. The maximum absolute atomic E-state index is 9.97. The molecule has 2 rings (SSSR count). The molecule has 2 aromatic rings. The van der Waals surface area contributed by atoms with E-state index in [0.717, 1.165) is 13.1 Å². The molecule has 186 valence electrons. The van der Waals surface area contributed by atoms with E-state index in [1.807, 2.05) is 14.1 Å². The van der Waals surface area contributed by atoms with Crippen LogP contribution in [0.5, 0.6) is 0 Å². The summed E-state index contributed by atoms with van der Waals surface area (Å²) >= 11 is 0. The third-order valence-corrected chi connectivity index (χ3v) is 5.80. The van der Waals surface area contributed by atoms with Gasteiger partial charge in [0.05, 0.1) is 47.4 Å². The van der Waals surface area contributed by atoms with Gasteiger partial charge in [-0.15, -0.1) is 0 Å². The minimum atomic E-state index is -4.29. The van der Waals surface area contributed by atoms with Crippen molar-refractivity contribution in [1.29, 1.82) is 0 Å². The molecule has 0 aliphatic rings. The summed E-state index contributed by atoms with van der Waals surface area (Å²) in [5.74, 6) is -1.24. The second-order valence-electron chi connectivity index (χ2n) is 7.57. The number of unbranched alkanes of at least 4 members (excludes halogenated alkanes) is 3. The lowest BCUT2D eigenvalue weighted by Gasteiger charge is -2.07. The van der Waals surface area contributed by atoms with E-state index in [9.17, 15) is 25.9 Å². The molecule has 0 bridgehead atoms. The van der Waals surface area contributed by atoms with Gasteiger partial charge in [-0.3, -0.25) is 0 Å². The summed E-state index contributed by atoms with van der Waals surface area (Å²) in [5.41, 5.74) is 0. The summed E-state index contributed by atoms with van der Waals surface area (Å²) in [7, 11) is -4.49. The van der Waals surface area contributed by atoms with Gasteiger partial charge in [0, 0.05) is 11.5 Å². The van der Waals surface area contributed by atoms with Crippen molar-refractivity contribution < 1.29 is 35.1 Å². The Bertz CT molecular complexity index is 874. The average Bonchev–Trinajstić information content (AvgIpc) is 3.29. The number of rotatable bonds is 11. The second kappa shape index (κ2) is 15.9. The first kappa shape index (κ1) is 30.2. The minimum Gasteiger partial charge on any atom is -0.748 e. The molecule has 0 saturated carbocycles. The van der Waals surface area contributed by atoms with Crippen molar-refractivity contribution in [1.82, 2.24) is 9.13 Å². The summed E-state index contributed by atoms with van der Waals surface area (Å²) in [5, 5.41) is 0. The standard InChI is InChI=1S/2C8H15N2.C4H10O6S2/c2*1-3-4-5-10-7-6-9(2)8-10;5-11(6,7)3-1-2-4-12(8,9)10/h2*6-8H,3-5H2,1-2H3;1-4H2,(H,5,6,7)(H,8,9,10)/q2*+1;/p-2. The van der Waals surface area contributed by atoms with Gasteiger partial charge >= 0.3 is 0 Å². The highest BCUT2D eigenvalue weighted by Crippen LogP contribution is 1.96. The van der Waals surface area contributed by atoms with Crippen LogP contribution in [0.1, 0.15) is 52.4 Å². The van der Waals surface area contributed by atoms with Gasteiger partial charge < -0.3 is 9.11 Å². The van der Waals surface area contributed by atoms with Crippen LogP contribution in [0.3, 0.4) is 0 Å². The summed E-state index contributed by atoms with van der Waals surface area (Å²) in [6.07, 6.45) is 17.5. The number of nitrogens with zero attached hydrogens (tertiary/aromatic N) is 4. The molecule has 0 amide bonds. The van der Waals surface area contributed by atoms with Gasteiger partial charge in [0.1, 0.15) is 24.8 Å². The van der Waals surface area contributed by atoms with E-state index in [4.69, 9.17) is 0 Å². The van der Waals surface area contributed by atoms with Gasteiger partial charge in [-0.1, -0.05) is 26.7 Å². The SMILES string of the molecule is CCCCn1cc[n+](C)c1.CCCCn1cc[n+](C)c1.O=S(=O)([O-])CCCCS(=O)(=O)[O-]. The number of hydrogen-bond donors (Lipinski definition) is 0. The van der Waals surface area contributed by atoms with E-state index in [1.165, 1.54) is 25.7 Å². The first-order valence-electron chi connectivity index (χ1n) is 10.8. The van der Waals surface area contributed by atoms with Crippen LogP contribution in [0.25, 0.3) is 0 Å². The second-order valence-corrected chi connectivity index (χ2v) is 10.6. The number of aryl methyl sites for hydroxylation is 4. The Morgan fingerprint density at radius 2 is 1.03 bits per heavy atom. The Hall–Kier alpha value is -1.76. The molecule has 0 radical (unpaired) electrons. The summed E-state index contributed by atoms with van der Waals surface area (Å²) < 4.78 is 68.4. The lowest BCUT2D eigenvalue weighted by atomic mass is 10.3. The maximum atomic E-state index is 9.97. The van der Waals surface area contributed by atoms with Gasteiger partial charge in [-0.05, 0) is 25.7 Å². The Morgan fingerprint density at radius 1 is 0.688 bits per heavy atom. The van der Waals surface area contributed by atoms with Crippen LogP contribution >= 0.6 is 0 Å². The fraction of sp³-hybridized carbons (Fsp3) is 0.700. The van der Waals surface area contributed by atoms with Crippen LogP contribution < -0.4 is 9.13 Å². The molecule has 0 saturated heterocycles. The van der Waals surface area contributed by atoms with E-state index in [1.54, 1.807) is 0 Å². The zero-order valence-corrected chi connectivity index (χ0v) is 21.2. The Balaban J connectivity index is 0.000000452. The fourth-order valence-corrected chi connectivity index (χ4v) is 3.62. The molecule has 0 aliphatic heterocycles. The monoisotopic (exact) mass is 494 g/mol. The highest BCUT2D eigenvalue weighted by molar-refractivity contribution is 7.86. The largest absolute Gasteiger partial charge is 0.748 e. The maximum Gasteiger partial charge on any atom is 0.243 e. The molecule has 2 heterocycles. The van der Waals surface area contributed by atoms with Crippen molar-refractivity contribution in [2.45, 2.75) is 65.5 Å². The van der Waals surface area contributed by atoms with Crippen molar-refractivity contribution >= 4 is 20.2 Å². The molecule has 32 heavy (non-hydrogen) atoms. The molecule has 0 fully saturated rings. The smallest absolute Gasteiger partial charge is 0.243 e. The van der Waals surface area contributed by atoms with Crippen molar-refractivity contribution in [3.63, 3.8) is 0 Å². The molecule has 2 aromatic heterocycles. The van der Waals surface area contributed by atoms with Gasteiger partial charge in [0.15, 0.2) is 0 Å². The first-order valence-corrected chi connectivity index (χ1v) is 13.9. The van der Waals surface area contributed by atoms with Crippen LogP contribution in [0.4, 0.5) is 0 Å². The topological polar surface area (TPSA) is 132 Å². The van der Waals surface area contributed by atoms with E-state index >= 15 is 0 Å². The Labute approximate surface area is 193 Å². The van der Waals surface area contributed by atoms with Crippen molar-refractivity contribution in [3.8, 4) is 0 Å². The number of hydrogen-bond acceptors (Lipinski definition) is 6. The van der Waals surface area contributed by atoms with Crippen LogP contribution in [0.15, 0.2) is 37.4 Å². The quantitative estimate of drug-likeness (QED) is 0.261. The zero-order chi connectivity index (χ0) is 24.6. The Kier molecular flexibility index (Phi) is 15.1. The van der Waals surface area contributed by atoms with E-state index < -0.39 is 31.7 Å². The molecular formula is C20H38N4O6S2. The molecule has 0 N–H and O–H groups in total. The summed E-state index contributed by atoms with van der Waals surface area (Å²) in [6.45, 7) is 6.72. The molecule has 0 aliphatic carbocycles. The van der Waals surface area contributed by atoms with E-state index in [-0.39, 0.29) is 12.8 Å². The predicted octanol–water partition coefficient (Wildman–Crippen LogP) is 1.08. The summed E-state index contributed by atoms with van der Waals surface area (Å²) in [4.78, 5) is 0. The normalized spacial score (nSPS) is 11.3. The molecule has 12 heteroatoms. The lowest BCUT2D eigenvalue weighted by molar-refractivity contribution is -0.671. The highest BCUT2D eigenvalue weighted by Gasteiger charge is 1.99. The zero-order valence-electron chi connectivity index (χ0n) is 19.6. The van der Waals surface area contributed by atoms with Crippen LogP contribution in [-0.2, 0) is 47.4 Å². The molecule has 0 spiro atoms. The van der Waals surface area contributed by atoms with E-state index in [0.29, 0.717) is 0 Å². The lowest BCUT2D eigenvalue weighted by Crippen LogP contribution is -2.23.